The number of aromatic nitrogens is 1. The highest BCUT2D eigenvalue weighted by Gasteiger charge is 2.28. The SMILES string of the molecule is OC1c2sccc2CCC1Cc1cccnc1. The lowest BCUT2D eigenvalue weighted by molar-refractivity contribution is 0.0974. The zero-order valence-electron chi connectivity index (χ0n) is 9.54. The molecule has 1 aliphatic carbocycles. The quantitative estimate of drug-likeness (QED) is 0.882. The molecule has 0 saturated carbocycles. The summed E-state index contributed by atoms with van der Waals surface area (Å²) in [4.78, 5) is 5.30. The Bertz CT molecular complexity index is 494. The van der Waals surface area contributed by atoms with Crippen LogP contribution in [0.1, 0.15) is 28.5 Å². The number of pyridine rings is 1. The highest BCUT2D eigenvalue weighted by Crippen LogP contribution is 2.39. The van der Waals surface area contributed by atoms with E-state index >= 15 is 0 Å². The van der Waals surface area contributed by atoms with Crippen LogP contribution in [-0.4, -0.2) is 10.1 Å². The van der Waals surface area contributed by atoms with Gasteiger partial charge in [0.15, 0.2) is 0 Å². The lowest BCUT2D eigenvalue weighted by atomic mass is 9.83. The Kier molecular flexibility index (Phi) is 2.95. The smallest absolute Gasteiger partial charge is 0.0916 e. The molecule has 1 aliphatic rings. The van der Waals surface area contributed by atoms with Crippen molar-refractivity contribution in [2.75, 3.05) is 0 Å². The molecule has 3 heteroatoms. The van der Waals surface area contributed by atoms with Crippen LogP contribution < -0.4 is 0 Å². The predicted molar refractivity (Wildman–Crippen MR) is 69.0 cm³/mol. The number of rotatable bonds is 2. The number of fused-ring (bicyclic) bond motifs is 1. The van der Waals surface area contributed by atoms with Gasteiger partial charge in [-0.05, 0) is 53.8 Å². The van der Waals surface area contributed by atoms with Crippen LogP contribution in [0.3, 0.4) is 0 Å². The number of thiophene rings is 1. The number of nitrogens with zero attached hydrogens (tertiary/aromatic N) is 1. The van der Waals surface area contributed by atoms with Crippen molar-refractivity contribution in [3.63, 3.8) is 0 Å². The number of aryl methyl sites for hydroxylation is 1. The first-order valence-electron chi connectivity index (χ1n) is 5.98. The Balaban J connectivity index is 1.78. The van der Waals surface area contributed by atoms with Gasteiger partial charge in [-0.25, -0.2) is 0 Å². The summed E-state index contributed by atoms with van der Waals surface area (Å²) in [6.07, 6.45) is 6.49. The second-order valence-corrected chi connectivity index (χ2v) is 5.57. The zero-order chi connectivity index (χ0) is 11.7. The Morgan fingerprint density at radius 3 is 3.18 bits per heavy atom. The van der Waals surface area contributed by atoms with E-state index in [4.69, 9.17) is 0 Å². The van der Waals surface area contributed by atoms with E-state index in [-0.39, 0.29) is 6.10 Å². The summed E-state index contributed by atoms with van der Waals surface area (Å²) in [7, 11) is 0. The summed E-state index contributed by atoms with van der Waals surface area (Å²) in [5, 5.41) is 12.4. The summed E-state index contributed by atoms with van der Waals surface area (Å²) in [5.74, 6) is 0.338. The van der Waals surface area contributed by atoms with Crippen LogP contribution in [-0.2, 0) is 12.8 Å². The van der Waals surface area contributed by atoms with Gasteiger partial charge < -0.3 is 5.11 Å². The second kappa shape index (κ2) is 4.59. The average molecular weight is 245 g/mol. The molecule has 0 spiro atoms. The molecule has 2 heterocycles. The monoisotopic (exact) mass is 245 g/mol. The van der Waals surface area contributed by atoms with Crippen molar-refractivity contribution >= 4 is 11.3 Å². The molecule has 0 aliphatic heterocycles. The summed E-state index contributed by atoms with van der Waals surface area (Å²) in [5.41, 5.74) is 2.56. The van der Waals surface area contributed by atoms with Gasteiger partial charge in [0, 0.05) is 17.3 Å². The predicted octanol–water partition coefficient (Wildman–Crippen LogP) is 2.98. The van der Waals surface area contributed by atoms with Crippen molar-refractivity contribution in [2.45, 2.75) is 25.4 Å². The highest BCUT2D eigenvalue weighted by atomic mass is 32.1. The minimum Gasteiger partial charge on any atom is -0.387 e. The van der Waals surface area contributed by atoms with E-state index in [2.05, 4.69) is 22.5 Å². The summed E-state index contributed by atoms with van der Waals surface area (Å²) in [6, 6.07) is 6.19. The fourth-order valence-corrected chi connectivity index (χ4v) is 3.59. The van der Waals surface area contributed by atoms with Crippen LogP contribution in [0.2, 0.25) is 0 Å². The zero-order valence-corrected chi connectivity index (χ0v) is 10.4. The molecule has 88 valence electrons. The van der Waals surface area contributed by atoms with Crippen molar-refractivity contribution in [1.82, 2.24) is 4.98 Å². The van der Waals surface area contributed by atoms with E-state index in [1.54, 1.807) is 17.5 Å². The second-order valence-electron chi connectivity index (χ2n) is 4.62. The van der Waals surface area contributed by atoms with Crippen LogP contribution >= 0.6 is 11.3 Å². The third-order valence-electron chi connectivity index (χ3n) is 3.50. The number of hydrogen-bond acceptors (Lipinski definition) is 3. The Morgan fingerprint density at radius 1 is 1.41 bits per heavy atom. The summed E-state index contributed by atoms with van der Waals surface area (Å²) >= 11 is 1.68. The molecule has 0 fully saturated rings. The van der Waals surface area contributed by atoms with E-state index in [0.717, 1.165) is 19.3 Å². The van der Waals surface area contributed by atoms with Crippen LogP contribution in [0.5, 0.6) is 0 Å². The molecule has 0 amide bonds. The number of aliphatic hydroxyl groups excluding tert-OH is 1. The third-order valence-corrected chi connectivity index (χ3v) is 4.53. The minimum absolute atomic E-state index is 0.293. The van der Waals surface area contributed by atoms with Crippen molar-refractivity contribution in [1.29, 1.82) is 0 Å². The van der Waals surface area contributed by atoms with Gasteiger partial charge in [-0.2, -0.15) is 0 Å². The van der Waals surface area contributed by atoms with Gasteiger partial charge >= 0.3 is 0 Å². The largest absolute Gasteiger partial charge is 0.387 e. The molecule has 0 bridgehead atoms. The lowest BCUT2D eigenvalue weighted by Crippen LogP contribution is -2.20. The maximum absolute atomic E-state index is 10.4. The van der Waals surface area contributed by atoms with Gasteiger partial charge in [0.05, 0.1) is 6.10 Å². The average Bonchev–Trinajstić information content (AvgIpc) is 2.83. The minimum atomic E-state index is -0.293. The fourth-order valence-electron chi connectivity index (χ4n) is 2.56. The van der Waals surface area contributed by atoms with Crippen molar-refractivity contribution < 1.29 is 5.11 Å². The Hall–Kier alpha value is -1.19. The standard InChI is InChI=1S/C14H15NOS/c16-13-12(8-10-2-1-6-15-9-10)4-3-11-5-7-17-14(11)13/h1-2,5-7,9,12-13,16H,3-4,8H2. The van der Waals surface area contributed by atoms with Gasteiger partial charge in [0.2, 0.25) is 0 Å². The normalized spacial score (nSPS) is 23.4. The summed E-state index contributed by atoms with van der Waals surface area (Å²) < 4.78 is 0. The Labute approximate surface area is 105 Å². The van der Waals surface area contributed by atoms with E-state index in [1.807, 2.05) is 12.3 Å². The first-order chi connectivity index (χ1) is 8.34. The third kappa shape index (κ3) is 2.13. The molecule has 0 radical (unpaired) electrons. The molecule has 0 saturated heterocycles. The lowest BCUT2D eigenvalue weighted by Gasteiger charge is -2.27. The van der Waals surface area contributed by atoms with Crippen molar-refractivity contribution in [3.05, 3.63) is 52.0 Å². The molecule has 3 rings (SSSR count). The first-order valence-corrected chi connectivity index (χ1v) is 6.86. The van der Waals surface area contributed by atoms with E-state index in [0.29, 0.717) is 5.92 Å². The topological polar surface area (TPSA) is 33.1 Å². The molecule has 2 aromatic heterocycles. The Morgan fingerprint density at radius 2 is 2.35 bits per heavy atom. The van der Waals surface area contributed by atoms with E-state index in [1.165, 1.54) is 16.0 Å². The van der Waals surface area contributed by atoms with Crippen LogP contribution in [0.15, 0.2) is 36.0 Å². The number of hydrogen-bond donors (Lipinski definition) is 1. The van der Waals surface area contributed by atoms with E-state index in [9.17, 15) is 5.11 Å². The van der Waals surface area contributed by atoms with Crippen molar-refractivity contribution in [2.24, 2.45) is 5.92 Å². The molecule has 0 aromatic carbocycles. The first kappa shape index (κ1) is 10.9. The van der Waals surface area contributed by atoms with Crippen LogP contribution in [0.4, 0.5) is 0 Å². The maximum atomic E-state index is 10.4. The van der Waals surface area contributed by atoms with Crippen molar-refractivity contribution in [3.8, 4) is 0 Å². The highest BCUT2D eigenvalue weighted by molar-refractivity contribution is 7.10. The maximum Gasteiger partial charge on any atom is 0.0916 e. The van der Waals surface area contributed by atoms with Gasteiger partial charge in [0.25, 0.3) is 0 Å². The molecule has 2 unspecified atom stereocenters. The molecular weight excluding hydrogens is 230 g/mol. The number of aliphatic hydroxyl groups is 1. The van der Waals surface area contributed by atoms with Gasteiger partial charge in [-0.15, -0.1) is 11.3 Å². The molecular formula is C14H15NOS. The molecule has 2 atom stereocenters. The van der Waals surface area contributed by atoms with Crippen LogP contribution in [0.25, 0.3) is 0 Å². The van der Waals surface area contributed by atoms with Gasteiger partial charge in [0.1, 0.15) is 0 Å². The van der Waals surface area contributed by atoms with E-state index < -0.39 is 0 Å². The van der Waals surface area contributed by atoms with Crippen LogP contribution in [0, 0.1) is 5.92 Å². The summed E-state index contributed by atoms with van der Waals surface area (Å²) in [6.45, 7) is 0. The fraction of sp³-hybridized carbons (Fsp3) is 0.357. The van der Waals surface area contributed by atoms with Gasteiger partial charge in [-0.3, -0.25) is 4.98 Å². The molecule has 1 N–H and O–H groups in total. The molecule has 2 aromatic rings. The molecule has 17 heavy (non-hydrogen) atoms. The van der Waals surface area contributed by atoms with Gasteiger partial charge in [-0.1, -0.05) is 6.07 Å². The molecule has 2 nitrogen and oxygen atoms in total.